The van der Waals surface area contributed by atoms with Gasteiger partial charge in [-0.1, -0.05) is 12.2 Å². The highest BCUT2D eigenvalue weighted by Gasteiger charge is 2.52. The monoisotopic (exact) mass is 657 g/mol. The fourth-order valence-corrected chi connectivity index (χ4v) is 5.87. The van der Waals surface area contributed by atoms with Gasteiger partial charge in [0.05, 0.1) is 33.3 Å². The number of halogens is 6. The van der Waals surface area contributed by atoms with Crippen molar-refractivity contribution in [2.45, 2.75) is 36.6 Å². The van der Waals surface area contributed by atoms with Crippen molar-refractivity contribution in [3.05, 3.63) is 65.2 Å². The van der Waals surface area contributed by atoms with Crippen LogP contribution in [0, 0.1) is 11.3 Å². The zero-order valence-corrected chi connectivity index (χ0v) is 24.7. The number of sulfone groups is 1. The van der Waals surface area contributed by atoms with Crippen molar-refractivity contribution in [3.8, 4) is 6.07 Å². The van der Waals surface area contributed by atoms with E-state index in [0.29, 0.717) is 23.3 Å². The molecule has 0 aliphatic carbocycles. The van der Waals surface area contributed by atoms with Crippen LogP contribution in [0.1, 0.15) is 30.5 Å². The molecule has 0 saturated carbocycles. The summed E-state index contributed by atoms with van der Waals surface area (Å²) in [5.41, 5.74) is -5.36. The van der Waals surface area contributed by atoms with Crippen molar-refractivity contribution in [3.63, 3.8) is 0 Å². The number of benzene rings is 2. The lowest BCUT2D eigenvalue weighted by molar-refractivity contribution is -0.140. The number of urea groups is 2. The third-order valence-corrected chi connectivity index (χ3v) is 8.52. The van der Waals surface area contributed by atoms with Crippen LogP contribution in [0.25, 0.3) is 0 Å². The summed E-state index contributed by atoms with van der Waals surface area (Å²) < 4.78 is 105. The lowest BCUT2D eigenvalue weighted by Crippen LogP contribution is -2.44. The van der Waals surface area contributed by atoms with Crippen LogP contribution in [-0.2, 0) is 27.0 Å². The van der Waals surface area contributed by atoms with Gasteiger partial charge >= 0.3 is 24.4 Å². The van der Waals surface area contributed by atoms with E-state index in [1.807, 2.05) is 0 Å². The summed E-state index contributed by atoms with van der Waals surface area (Å²) in [4.78, 5) is 42.4. The average molecular weight is 658 g/mol. The van der Waals surface area contributed by atoms with Crippen LogP contribution in [0.2, 0.25) is 0 Å². The number of hydrogen-bond acceptors (Lipinski definition) is 6. The SMILES string of the molecule is CC1(C)C(=O)N(c2ccc(C#N)c(C(F)(F)F)c2)C(=O)N1CC=CCN1CCN(c2ccc(S(C)(=O)=O)c(C(F)(F)F)c2)C1=O. The van der Waals surface area contributed by atoms with E-state index in [9.17, 15) is 49.1 Å². The standard InChI is InChI=1S/C28H25F6N5O5S/c1-26(2)23(40)39(19-7-6-17(16-35)20(15-19)27(29,30)31)25(42)38(26)11-5-4-10-36-12-13-37(24(36)41)18-8-9-22(45(3,43)44)21(14-18)28(32,33)34/h4-9,14-15H,10-13H2,1-3H3. The quantitative estimate of drug-likeness (QED) is 0.234. The predicted molar refractivity (Wildman–Crippen MR) is 148 cm³/mol. The van der Waals surface area contributed by atoms with Gasteiger partial charge in [-0.05, 0) is 50.2 Å². The fourth-order valence-electron chi connectivity index (χ4n) is 4.98. The first-order valence-electron chi connectivity index (χ1n) is 13.1. The number of amides is 5. The van der Waals surface area contributed by atoms with Gasteiger partial charge in [0, 0.05) is 38.1 Å². The fraction of sp³-hybridized carbons (Fsp3) is 0.357. The second-order valence-corrected chi connectivity index (χ2v) is 12.7. The highest BCUT2D eigenvalue weighted by Crippen LogP contribution is 2.39. The maximum Gasteiger partial charge on any atom is 0.417 e. The summed E-state index contributed by atoms with van der Waals surface area (Å²) >= 11 is 0. The van der Waals surface area contributed by atoms with Gasteiger partial charge in [-0.15, -0.1) is 0 Å². The van der Waals surface area contributed by atoms with E-state index in [2.05, 4.69) is 0 Å². The van der Waals surface area contributed by atoms with Crippen molar-refractivity contribution in [1.29, 1.82) is 5.26 Å². The Labute approximate surface area is 253 Å². The van der Waals surface area contributed by atoms with Crippen LogP contribution in [-0.4, -0.2) is 74.2 Å². The van der Waals surface area contributed by atoms with Crippen molar-refractivity contribution in [2.75, 3.05) is 42.2 Å². The Morgan fingerprint density at radius 1 is 0.867 bits per heavy atom. The van der Waals surface area contributed by atoms with Gasteiger partial charge in [-0.3, -0.25) is 9.69 Å². The van der Waals surface area contributed by atoms with Crippen LogP contribution in [0.4, 0.5) is 47.3 Å². The van der Waals surface area contributed by atoms with Gasteiger partial charge in [-0.25, -0.2) is 22.9 Å². The molecule has 10 nitrogen and oxygen atoms in total. The maximum atomic E-state index is 13.6. The first kappa shape index (κ1) is 33.3. The number of alkyl halides is 6. The lowest BCUT2D eigenvalue weighted by atomic mass is 10.0. The van der Waals surface area contributed by atoms with Crippen LogP contribution < -0.4 is 9.80 Å². The minimum atomic E-state index is -4.99. The van der Waals surface area contributed by atoms with E-state index in [-0.39, 0.29) is 37.6 Å². The Balaban J connectivity index is 1.47. The molecular weight excluding hydrogens is 632 g/mol. The van der Waals surface area contributed by atoms with Gasteiger partial charge in [-0.2, -0.15) is 31.6 Å². The normalized spacial score (nSPS) is 17.6. The summed E-state index contributed by atoms with van der Waals surface area (Å²) in [6.07, 6.45) is -6.32. The molecule has 240 valence electrons. The van der Waals surface area contributed by atoms with Gasteiger partial charge in [0.25, 0.3) is 5.91 Å². The first-order chi connectivity index (χ1) is 20.7. The van der Waals surface area contributed by atoms with E-state index in [0.717, 1.165) is 34.1 Å². The molecule has 45 heavy (non-hydrogen) atoms. The maximum absolute atomic E-state index is 13.6. The molecule has 2 aromatic carbocycles. The minimum Gasteiger partial charge on any atom is -0.319 e. The number of carbonyl (C=O) groups is 3. The molecule has 2 saturated heterocycles. The molecule has 2 aromatic rings. The molecule has 0 N–H and O–H groups in total. The van der Waals surface area contributed by atoms with Gasteiger partial charge in [0.2, 0.25) is 0 Å². The van der Waals surface area contributed by atoms with E-state index in [1.165, 1.54) is 37.0 Å². The number of nitriles is 1. The van der Waals surface area contributed by atoms with Crippen LogP contribution in [0.15, 0.2) is 53.4 Å². The van der Waals surface area contributed by atoms with Crippen molar-refractivity contribution < 1.29 is 49.1 Å². The highest BCUT2D eigenvalue weighted by molar-refractivity contribution is 7.90. The second kappa shape index (κ2) is 11.4. The summed E-state index contributed by atoms with van der Waals surface area (Å²) in [7, 11) is -4.20. The zero-order valence-electron chi connectivity index (χ0n) is 23.9. The average Bonchev–Trinajstić information content (AvgIpc) is 3.37. The summed E-state index contributed by atoms with van der Waals surface area (Å²) in [6.45, 7) is 2.72. The largest absolute Gasteiger partial charge is 0.417 e. The molecule has 0 atom stereocenters. The molecule has 2 aliphatic rings. The van der Waals surface area contributed by atoms with Gasteiger partial charge in [0.1, 0.15) is 5.54 Å². The van der Waals surface area contributed by atoms with Crippen molar-refractivity contribution in [2.24, 2.45) is 0 Å². The van der Waals surface area contributed by atoms with Crippen LogP contribution in [0.5, 0.6) is 0 Å². The molecule has 0 spiro atoms. The van der Waals surface area contributed by atoms with Crippen molar-refractivity contribution in [1.82, 2.24) is 9.80 Å². The topological polar surface area (TPSA) is 122 Å². The van der Waals surface area contributed by atoms with Crippen LogP contribution >= 0.6 is 0 Å². The number of hydrogen-bond donors (Lipinski definition) is 0. The third kappa shape index (κ3) is 6.32. The van der Waals surface area contributed by atoms with Gasteiger partial charge < -0.3 is 9.80 Å². The number of imide groups is 1. The molecule has 0 radical (unpaired) electrons. The molecule has 0 aromatic heterocycles. The highest BCUT2D eigenvalue weighted by atomic mass is 32.2. The molecule has 4 rings (SSSR count). The van der Waals surface area contributed by atoms with Crippen LogP contribution in [0.3, 0.4) is 0 Å². The van der Waals surface area contributed by atoms with E-state index in [4.69, 9.17) is 5.26 Å². The molecule has 5 amide bonds. The summed E-state index contributed by atoms with van der Waals surface area (Å²) in [6, 6.07) is 4.87. The molecule has 17 heteroatoms. The molecule has 2 fully saturated rings. The Kier molecular flexibility index (Phi) is 8.44. The molecule has 0 bridgehead atoms. The number of anilines is 2. The Morgan fingerprint density at radius 2 is 1.44 bits per heavy atom. The number of rotatable bonds is 7. The van der Waals surface area contributed by atoms with Crippen molar-refractivity contribution >= 4 is 39.2 Å². The second-order valence-electron chi connectivity index (χ2n) is 10.7. The third-order valence-electron chi connectivity index (χ3n) is 7.37. The number of nitrogens with zero attached hydrogens (tertiary/aromatic N) is 5. The molecule has 2 aliphatic heterocycles. The summed E-state index contributed by atoms with van der Waals surface area (Å²) in [5, 5.41) is 9.03. The van der Waals surface area contributed by atoms with Gasteiger partial charge in [0.15, 0.2) is 9.84 Å². The van der Waals surface area contributed by atoms with E-state index in [1.54, 1.807) is 0 Å². The Morgan fingerprint density at radius 3 is 2.02 bits per heavy atom. The van der Waals surface area contributed by atoms with E-state index >= 15 is 0 Å². The lowest BCUT2D eigenvalue weighted by Gasteiger charge is -2.26. The summed E-state index contributed by atoms with van der Waals surface area (Å²) in [5.74, 6) is -0.802. The Hall–Kier alpha value is -4.59. The molecule has 0 unspecified atom stereocenters. The molecular formula is C28H25F6N5O5S. The smallest absolute Gasteiger partial charge is 0.319 e. The predicted octanol–water partition coefficient (Wildman–Crippen LogP) is 5.04. The van der Waals surface area contributed by atoms with E-state index < -0.39 is 67.3 Å². The first-order valence-corrected chi connectivity index (χ1v) is 15.0. The molecule has 2 heterocycles. The number of carbonyl (C=O) groups excluding carboxylic acids is 3. The minimum absolute atomic E-state index is 0.00774. The Bertz CT molecular complexity index is 1750. The zero-order chi connectivity index (χ0) is 33.7.